The molecule has 1 aliphatic carbocycles. The Balaban J connectivity index is 2.30. The number of benzene rings is 1. The smallest absolute Gasteiger partial charge is 0.278 e. The predicted octanol–water partition coefficient (Wildman–Crippen LogP) is 2.85. The van der Waals surface area contributed by atoms with E-state index in [4.69, 9.17) is 5.11 Å². The minimum Gasteiger partial charge on any atom is -0.353 e. The maximum Gasteiger partial charge on any atom is 0.278 e. The number of alkyl halides is 1. The van der Waals surface area contributed by atoms with Crippen LogP contribution in [0.1, 0.15) is 11.5 Å². The van der Waals surface area contributed by atoms with Crippen LogP contribution in [0.4, 0.5) is 8.78 Å². The van der Waals surface area contributed by atoms with Gasteiger partial charge in [0.1, 0.15) is 0 Å². The molecule has 2 rings (SSSR count). The molecule has 0 bridgehead atoms. The average molecular weight is 208 g/mol. The highest BCUT2D eigenvalue weighted by atomic mass is 19.2. The van der Waals surface area contributed by atoms with E-state index in [9.17, 15) is 8.78 Å². The molecular weight excluding hydrogens is 198 g/mol. The molecule has 0 aliphatic heterocycles. The first kappa shape index (κ1) is 10.1. The van der Waals surface area contributed by atoms with Crippen molar-refractivity contribution in [2.75, 3.05) is 0 Å². The second kappa shape index (κ2) is 3.59. The third kappa shape index (κ3) is 1.97. The molecule has 0 aromatic heterocycles. The molecule has 0 fully saturated rings. The summed E-state index contributed by atoms with van der Waals surface area (Å²) >= 11 is 0. The summed E-state index contributed by atoms with van der Waals surface area (Å²) in [5, 5.41) is 8.91. The van der Waals surface area contributed by atoms with Crippen LogP contribution in [0.25, 0.3) is 0 Å². The fraction of sp³-hybridized carbons (Fsp3) is 0.167. The lowest BCUT2D eigenvalue weighted by Gasteiger charge is -2.20. The molecule has 1 N–H and O–H groups in total. The minimum absolute atomic E-state index is 0.317. The zero-order chi connectivity index (χ0) is 10.9. The van der Waals surface area contributed by atoms with Crippen LogP contribution in [-0.2, 0) is 0 Å². The van der Waals surface area contributed by atoms with Crippen molar-refractivity contribution in [2.24, 2.45) is 0 Å². The lowest BCUT2D eigenvalue weighted by atomic mass is 9.93. The van der Waals surface area contributed by atoms with E-state index in [1.54, 1.807) is 0 Å². The lowest BCUT2D eigenvalue weighted by molar-refractivity contribution is -0.0262. The normalized spacial score (nSPS) is 30.1. The summed E-state index contributed by atoms with van der Waals surface area (Å²) in [6.45, 7) is 0. The van der Waals surface area contributed by atoms with Gasteiger partial charge in [0, 0.05) is 5.92 Å². The van der Waals surface area contributed by atoms with Gasteiger partial charge in [0.05, 0.1) is 0 Å². The Hall–Kier alpha value is -1.48. The van der Waals surface area contributed by atoms with Crippen molar-refractivity contribution in [1.82, 2.24) is 0 Å². The van der Waals surface area contributed by atoms with Crippen molar-refractivity contribution in [2.45, 2.75) is 11.8 Å². The summed E-state index contributed by atoms with van der Waals surface area (Å²) < 4.78 is 26.1. The van der Waals surface area contributed by atoms with Crippen LogP contribution in [0.2, 0.25) is 0 Å². The predicted molar refractivity (Wildman–Crippen MR) is 53.6 cm³/mol. The maximum atomic E-state index is 13.1. The fourth-order valence-electron chi connectivity index (χ4n) is 1.52. The summed E-state index contributed by atoms with van der Waals surface area (Å²) in [6, 6.07) is 9.14. The van der Waals surface area contributed by atoms with Crippen molar-refractivity contribution in [1.29, 1.82) is 0 Å². The van der Waals surface area contributed by atoms with Crippen LogP contribution in [0, 0.1) is 0 Å². The Kier molecular flexibility index (Phi) is 2.40. The third-order valence-electron chi connectivity index (χ3n) is 2.37. The number of halogens is 2. The molecule has 2 unspecified atom stereocenters. The van der Waals surface area contributed by atoms with Gasteiger partial charge in [-0.2, -0.15) is 4.39 Å². The van der Waals surface area contributed by atoms with Crippen LogP contribution in [0.5, 0.6) is 0 Å². The van der Waals surface area contributed by atoms with E-state index < -0.39 is 11.7 Å². The van der Waals surface area contributed by atoms with Gasteiger partial charge in [0.2, 0.25) is 0 Å². The van der Waals surface area contributed by atoms with Crippen LogP contribution < -0.4 is 0 Å². The maximum absolute atomic E-state index is 13.1. The minimum atomic E-state index is -2.94. The molecule has 0 radical (unpaired) electrons. The summed E-state index contributed by atoms with van der Waals surface area (Å²) in [4.78, 5) is 0. The second-order valence-electron chi connectivity index (χ2n) is 3.48. The van der Waals surface area contributed by atoms with E-state index in [1.807, 2.05) is 30.3 Å². The lowest BCUT2D eigenvalue weighted by Crippen LogP contribution is -2.23. The molecule has 15 heavy (non-hydrogen) atoms. The first-order valence-electron chi connectivity index (χ1n) is 4.63. The Morgan fingerprint density at radius 2 is 1.87 bits per heavy atom. The molecule has 78 valence electrons. The van der Waals surface area contributed by atoms with E-state index >= 15 is 0 Å². The number of hydrogen-bond donors (Lipinski definition) is 1. The summed E-state index contributed by atoms with van der Waals surface area (Å²) in [5.41, 5.74) is 0.861. The fourth-order valence-corrected chi connectivity index (χ4v) is 1.52. The first-order chi connectivity index (χ1) is 7.09. The van der Waals surface area contributed by atoms with Gasteiger partial charge in [-0.05, 0) is 17.7 Å². The zero-order valence-corrected chi connectivity index (χ0v) is 7.90. The monoisotopic (exact) mass is 208 g/mol. The van der Waals surface area contributed by atoms with Gasteiger partial charge < -0.3 is 5.11 Å². The number of rotatable bonds is 1. The Morgan fingerprint density at radius 3 is 2.47 bits per heavy atom. The van der Waals surface area contributed by atoms with Gasteiger partial charge in [-0.3, -0.25) is 0 Å². The van der Waals surface area contributed by atoms with E-state index in [-0.39, 0.29) is 5.92 Å². The van der Waals surface area contributed by atoms with Gasteiger partial charge in [0.25, 0.3) is 5.85 Å². The van der Waals surface area contributed by atoms with Crippen LogP contribution in [0.15, 0.2) is 54.4 Å². The Labute approximate surface area is 86.4 Å². The molecule has 0 heterocycles. The topological polar surface area (TPSA) is 20.2 Å². The first-order valence-corrected chi connectivity index (χ1v) is 4.63. The summed E-state index contributed by atoms with van der Waals surface area (Å²) in [5.74, 6) is -4.41. The highest BCUT2D eigenvalue weighted by Crippen LogP contribution is 2.32. The number of allylic oxidation sites excluding steroid dienone is 2. The third-order valence-corrected chi connectivity index (χ3v) is 2.37. The van der Waals surface area contributed by atoms with E-state index in [2.05, 4.69) is 0 Å². The Bertz CT molecular complexity index is 407. The van der Waals surface area contributed by atoms with E-state index in [0.29, 0.717) is 0 Å². The highest BCUT2D eigenvalue weighted by molar-refractivity contribution is 5.35. The standard InChI is InChI=1S/C12H10F2O/c13-11-8-10(6-7-12(11,14)15)9-4-2-1-3-5-9/h1-8,10,15H. The van der Waals surface area contributed by atoms with Crippen molar-refractivity contribution in [3.8, 4) is 0 Å². The van der Waals surface area contributed by atoms with Crippen LogP contribution >= 0.6 is 0 Å². The highest BCUT2D eigenvalue weighted by Gasteiger charge is 2.32. The zero-order valence-electron chi connectivity index (χ0n) is 7.90. The van der Waals surface area contributed by atoms with Gasteiger partial charge in [-0.25, -0.2) is 4.39 Å². The van der Waals surface area contributed by atoms with E-state index in [0.717, 1.165) is 17.7 Å². The molecule has 0 spiro atoms. The molecule has 0 saturated heterocycles. The molecule has 1 aromatic rings. The molecule has 3 heteroatoms. The summed E-state index contributed by atoms with van der Waals surface area (Å²) in [7, 11) is 0. The van der Waals surface area contributed by atoms with Crippen molar-refractivity contribution in [3.05, 3.63) is 60.0 Å². The molecular formula is C12H10F2O. The molecule has 1 aliphatic rings. The Morgan fingerprint density at radius 1 is 1.20 bits per heavy atom. The number of hydrogen-bond acceptors (Lipinski definition) is 1. The van der Waals surface area contributed by atoms with Crippen molar-refractivity contribution >= 4 is 0 Å². The van der Waals surface area contributed by atoms with Crippen molar-refractivity contribution < 1.29 is 13.9 Å². The molecule has 0 amide bonds. The SMILES string of the molecule is OC1(F)C=CC(c2ccccc2)C=C1F. The molecule has 1 aromatic carbocycles. The van der Waals surface area contributed by atoms with Crippen molar-refractivity contribution in [3.63, 3.8) is 0 Å². The van der Waals surface area contributed by atoms with Crippen LogP contribution in [0.3, 0.4) is 0 Å². The summed E-state index contributed by atoms with van der Waals surface area (Å²) in [6.07, 6.45) is 3.35. The molecule has 1 nitrogen and oxygen atoms in total. The van der Waals surface area contributed by atoms with Gasteiger partial charge in [0.15, 0.2) is 5.83 Å². The largest absolute Gasteiger partial charge is 0.353 e. The van der Waals surface area contributed by atoms with Gasteiger partial charge >= 0.3 is 0 Å². The quantitative estimate of drug-likeness (QED) is 0.703. The van der Waals surface area contributed by atoms with Gasteiger partial charge in [-0.15, -0.1) is 0 Å². The van der Waals surface area contributed by atoms with Crippen LogP contribution in [-0.4, -0.2) is 11.0 Å². The molecule has 0 saturated carbocycles. The van der Waals surface area contributed by atoms with Gasteiger partial charge in [-0.1, -0.05) is 36.4 Å². The number of aliphatic hydroxyl groups is 1. The van der Waals surface area contributed by atoms with E-state index in [1.165, 1.54) is 6.08 Å². The average Bonchev–Trinajstić information content (AvgIpc) is 2.23. The molecule has 2 atom stereocenters. The second-order valence-corrected chi connectivity index (χ2v) is 3.48.